The Kier molecular flexibility index (Phi) is 5.77. The molecule has 0 saturated heterocycles. The van der Waals surface area contributed by atoms with Crippen molar-refractivity contribution in [1.82, 2.24) is 0 Å². The molecule has 0 radical (unpaired) electrons. The average molecular weight is 500 g/mol. The second kappa shape index (κ2) is 8.94. The first-order valence-electron chi connectivity index (χ1n) is 11.1. The molecular formula is C27H21N3O5S. The second-order valence-electron chi connectivity index (χ2n) is 8.44. The highest BCUT2D eigenvalue weighted by atomic mass is 32.2. The van der Waals surface area contributed by atoms with Gasteiger partial charge in [0, 0.05) is 28.6 Å². The minimum atomic E-state index is -3.45. The van der Waals surface area contributed by atoms with Crippen LogP contribution < -0.4 is 15.5 Å². The predicted octanol–water partition coefficient (Wildman–Crippen LogP) is 4.50. The van der Waals surface area contributed by atoms with Crippen LogP contribution >= 0.6 is 0 Å². The highest BCUT2D eigenvalue weighted by Crippen LogP contribution is 2.40. The molecule has 4 aromatic carbocycles. The molecule has 0 aliphatic carbocycles. The average Bonchev–Trinajstić information content (AvgIpc) is 2.98. The van der Waals surface area contributed by atoms with E-state index >= 15 is 0 Å². The minimum absolute atomic E-state index is 0.0551. The molecule has 36 heavy (non-hydrogen) atoms. The maximum Gasteiger partial charge on any atom is 0.255 e. The zero-order valence-corrected chi connectivity index (χ0v) is 20.0. The van der Waals surface area contributed by atoms with E-state index in [9.17, 15) is 22.8 Å². The lowest BCUT2D eigenvalue weighted by Gasteiger charge is -2.23. The van der Waals surface area contributed by atoms with Crippen molar-refractivity contribution in [2.24, 2.45) is 0 Å². The zero-order valence-electron chi connectivity index (χ0n) is 19.2. The van der Waals surface area contributed by atoms with Crippen LogP contribution in [0.5, 0.6) is 0 Å². The lowest BCUT2D eigenvalue weighted by molar-refractivity contribution is -0.124. The third-order valence-electron chi connectivity index (χ3n) is 5.88. The number of carbonyl (C=O) groups is 3. The summed E-state index contributed by atoms with van der Waals surface area (Å²) in [5.74, 6) is -1.23. The van der Waals surface area contributed by atoms with Crippen LogP contribution in [0.25, 0.3) is 10.8 Å². The minimum Gasteiger partial charge on any atom is -0.323 e. The first-order chi connectivity index (χ1) is 17.2. The summed E-state index contributed by atoms with van der Waals surface area (Å²) in [7, 11) is -3.45. The summed E-state index contributed by atoms with van der Waals surface area (Å²) in [6.45, 7) is 0. The molecule has 1 heterocycles. The Morgan fingerprint density at radius 1 is 0.917 bits per heavy atom. The smallest absolute Gasteiger partial charge is 0.255 e. The van der Waals surface area contributed by atoms with E-state index in [2.05, 4.69) is 10.6 Å². The number of nitrogens with one attached hydrogen (secondary N) is 2. The van der Waals surface area contributed by atoms with Crippen LogP contribution in [0.4, 0.5) is 22.7 Å². The molecule has 3 amide bonds. The van der Waals surface area contributed by atoms with Crippen molar-refractivity contribution >= 4 is 61.1 Å². The summed E-state index contributed by atoms with van der Waals surface area (Å²) < 4.78 is 23.6. The van der Waals surface area contributed by atoms with Gasteiger partial charge in [-0.15, -0.1) is 0 Å². The second-order valence-corrected chi connectivity index (χ2v) is 10.5. The molecule has 0 atom stereocenters. The number of nitrogens with zero attached hydrogens (tertiary/aromatic N) is 1. The number of rotatable bonds is 4. The van der Waals surface area contributed by atoms with Gasteiger partial charge in [-0.3, -0.25) is 19.3 Å². The molecule has 0 saturated carbocycles. The molecule has 9 heteroatoms. The van der Waals surface area contributed by atoms with Crippen molar-refractivity contribution in [1.29, 1.82) is 0 Å². The molecule has 0 unspecified atom stereocenters. The van der Waals surface area contributed by atoms with Crippen molar-refractivity contribution in [3.8, 4) is 0 Å². The molecule has 180 valence electrons. The summed E-state index contributed by atoms with van der Waals surface area (Å²) in [5, 5.41) is 7.36. The van der Waals surface area contributed by atoms with Crippen molar-refractivity contribution in [3.63, 3.8) is 0 Å². The number of fused-ring (bicyclic) bond motifs is 3. The van der Waals surface area contributed by atoms with Crippen molar-refractivity contribution in [3.05, 3.63) is 90.5 Å². The van der Waals surface area contributed by atoms with Crippen LogP contribution in [0.1, 0.15) is 16.8 Å². The number of hydrogen-bond donors (Lipinski definition) is 2. The van der Waals surface area contributed by atoms with E-state index in [1.165, 1.54) is 29.2 Å². The first-order valence-corrected chi connectivity index (χ1v) is 13.0. The standard InChI is InChI=1S/C27H21N3O5S/c1-36(34,35)21-7-4-6-18(15-21)27(33)28-19-10-12-20(13-11-19)30-23-14-9-17-5-2-3-8-22(17)26(23)29-24(31)16-25(30)32/h2-15H,16H2,1H3,(H,28,33)(H,29,31). The first kappa shape index (κ1) is 23.3. The van der Waals surface area contributed by atoms with Gasteiger partial charge in [0.2, 0.25) is 11.8 Å². The van der Waals surface area contributed by atoms with Crippen LogP contribution in [0.2, 0.25) is 0 Å². The molecule has 8 nitrogen and oxygen atoms in total. The molecule has 2 N–H and O–H groups in total. The molecule has 4 aromatic rings. The van der Waals surface area contributed by atoms with E-state index in [1.54, 1.807) is 30.3 Å². The highest BCUT2D eigenvalue weighted by molar-refractivity contribution is 7.90. The van der Waals surface area contributed by atoms with Gasteiger partial charge in [0.25, 0.3) is 5.91 Å². The molecule has 5 rings (SSSR count). The van der Waals surface area contributed by atoms with Crippen molar-refractivity contribution in [2.45, 2.75) is 11.3 Å². The lowest BCUT2D eigenvalue weighted by Crippen LogP contribution is -2.26. The van der Waals surface area contributed by atoms with E-state index in [1.807, 2.05) is 30.3 Å². The maximum atomic E-state index is 13.0. The van der Waals surface area contributed by atoms with Gasteiger partial charge in [-0.05, 0) is 53.9 Å². The Morgan fingerprint density at radius 3 is 2.42 bits per heavy atom. The van der Waals surface area contributed by atoms with E-state index in [0.29, 0.717) is 22.7 Å². The Balaban J connectivity index is 1.46. The van der Waals surface area contributed by atoms with Crippen LogP contribution in [0, 0.1) is 0 Å². The Bertz CT molecular complexity index is 1650. The van der Waals surface area contributed by atoms with Crippen LogP contribution in [-0.4, -0.2) is 32.4 Å². The number of carbonyl (C=O) groups excluding carboxylic acids is 3. The highest BCUT2D eigenvalue weighted by Gasteiger charge is 2.28. The molecular weight excluding hydrogens is 478 g/mol. The fraction of sp³-hybridized carbons (Fsp3) is 0.0741. The third-order valence-corrected chi connectivity index (χ3v) is 6.99. The lowest BCUT2D eigenvalue weighted by atomic mass is 10.1. The van der Waals surface area contributed by atoms with Crippen molar-refractivity contribution in [2.75, 3.05) is 21.8 Å². The van der Waals surface area contributed by atoms with Crippen LogP contribution in [-0.2, 0) is 19.4 Å². The summed E-state index contributed by atoms with van der Waals surface area (Å²) in [5.41, 5.74) is 2.31. The molecule has 0 fully saturated rings. The summed E-state index contributed by atoms with van der Waals surface area (Å²) in [4.78, 5) is 39.7. The summed E-state index contributed by atoms with van der Waals surface area (Å²) in [6, 6.07) is 23.7. The van der Waals surface area contributed by atoms with Gasteiger partial charge in [0.1, 0.15) is 6.42 Å². The molecule has 1 aliphatic rings. The molecule has 0 bridgehead atoms. The zero-order chi connectivity index (χ0) is 25.4. The van der Waals surface area contributed by atoms with Gasteiger partial charge < -0.3 is 10.6 Å². The number of benzene rings is 4. The summed E-state index contributed by atoms with van der Waals surface area (Å²) >= 11 is 0. The fourth-order valence-electron chi connectivity index (χ4n) is 4.16. The summed E-state index contributed by atoms with van der Waals surface area (Å²) in [6.07, 6.45) is 0.773. The molecule has 0 aromatic heterocycles. The number of sulfone groups is 1. The predicted molar refractivity (Wildman–Crippen MR) is 138 cm³/mol. The van der Waals surface area contributed by atoms with Gasteiger partial charge >= 0.3 is 0 Å². The largest absolute Gasteiger partial charge is 0.323 e. The topological polar surface area (TPSA) is 113 Å². The third kappa shape index (κ3) is 4.44. The van der Waals surface area contributed by atoms with Crippen LogP contribution in [0.15, 0.2) is 89.8 Å². The van der Waals surface area contributed by atoms with E-state index in [0.717, 1.165) is 17.0 Å². The number of anilines is 4. The maximum absolute atomic E-state index is 13.0. The van der Waals surface area contributed by atoms with Crippen LogP contribution in [0.3, 0.4) is 0 Å². The normalized spacial score (nSPS) is 13.6. The van der Waals surface area contributed by atoms with E-state index in [-0.39, 0.29) is 28.7 Å². The number of hydrogen-bond acceptors (Lipinski definition) is 5. The van der Waals surface area contributed by atoms with Gasteiger partial charge in [-0.1, -0.05) is 36.4 Å². The van der Waals surface area contributed by atoms with Crippen molar-refractivity contribution < 1.29 is 22.8 Å². The molecule has 0 spiro atoms. The van der Waals surface area contributed by atoms with Gasteiger partial charge in [0.15, 0.2) is 9.84 Å². The van der Waals surface area contributed by atoms with Gasteiger partial charge in [0.05, 0.1) is 16.3 Å². The van der Waals surface area contributed by atoms with Gasteiger partial charge in [-0.2, -0.15) is 0 Å². The molecule has 1 aliphatic heterocycles. The Morgan fingerprint density at radius 2 is 1.67 bits per heavy atom. The monoisotopic (exact) mass is 499 g/mol. The van der Waals surface area contributed by atoms with Gasteiger partial charge in [-0.25, -0.2) is 8.42 Å². The fourth-order valence-corrected chi connectivity index (χ4v) is 4.83. The van der Waals surface area contributed by atoms with E-state index in [4.69, 9.17) is 0 Å². The number of amides is 3. The Hall–Kier alpha value is -4.50. The quantitative estimate of drug-likeness (QED) is 0.402. The Labute approximate surface area is 207 Å². The SMILES string of the molecule is CS(=O)(=O)c1cccc(C(=O)Nc2ccc(N3C(=O)CC(=O)Nc4c3ccc3ccccc43)cc2)c1. The van der Waals surface area contributed by atoms with E-state index < -0.39 is 15.7 Å².